The maximum atomic E-state index is 10.4. The van der Waals surface area contributed by atoms with Gasteiger partial charge < -0.3 is 16.2 Å². The van der Waals surface area contributed by atoms with Crippen molar-refractivity contribution in [3.05, 3.63) is 0 Å². The summed E-state index contributed by atoms with van der Waals surface area (Å²) in [5, 5.41) is 16.2. The average Bonchev–Trinajstić information content (AvgIpc) is 2.20. The van der Waals surface area contributed by atoms with Crippen LogP contribution in [0.2, 0.25) is 0 Å². The third-order valence-electron chi connectivity index (χ3n) is 2.39. The Balaban J connectivity index is 3.38. The van der Waals surface area contributed by atoms with Gasteiger partial charge in [0.25, 0.3) is 0 Å². The molecule has 1 atom stereocenters. The lowest BCUT2D eigenvalue weighted by atomic mass is 10.0. The molecule has 0 aliphatic rings. The number of hydrogen-bond donors (Lipinski definition) is 3. The summed E-state index contributed by atoms with van der Waals surface area (Å²) in [7, 11) is 0. The summed E-state index contributed by atoms with van der Waals surface area (Å²) in [5.74, 6) is -0.934. The van der Waals surface area contributed by atoms with Gasteiger partial charge in [-0.05, 0) is 32.1 Å². The molecule has 15 heavy (non-hydrogen) atoms. The summed E-state index contributed by atoms with van der Waals surface area (Å²) < 4.78 is 0. The number of rotatable bonds is 9. The molecule has 0 amide bonds. The largest absolute Gasteiger partial charge is 0.480 e. The van der Waals surface area contributed by atoms with Gasteiger partial charge in [0.2, 0.25) is 0 Å². The van der Waals surface area contributed by atoms with E-state index in [1.165, 1.54) is 0 Å². The minimum atomic E-state index is -0.934. The van der Waals surface area contributed by atoms with Gasteiger partial charge in [-0.1, -0.05) is 19.8 Å². The van der Waals surface area contributed by atoms with Crippen molar-refractivity contribution >= 4 is 11.7 Å². The van der Waals surface area contributed by atoms with Crippen LogP contribution < -0.4 is 5.73 Å². The van der Waals surface area contributed by atoms with E-state index in [2.05, 4.69) is 6.92 Å². The second-order valence-corrected chi connectivity index (χ2v) is 3.90. The van der Waals surface area contributed by atoms with Gasteiger partial charge in [-0.15, -0.1) is 0 Å². The van der Waals surface area contributed by atoms with Gasteiger partial charge in [0.15, 0.2) is 0 Å². The van der Waals surface area contributed by atoms with Gasteiger partial charge >= 0.3 is 5.97 Å². The molecule has 88 valence electrons. The maximum absolute atomic E-state index is 10.4. The Bertz CT molecular complexity index is 205. The number of nitrogens with one attached hydrogen (secondary N) is 1. The van der Waals surface area contributed by atoms with Crippen LogP contribution in [0.15, 0.2) is 0 Å². The molecular weight excluding hydrogens is 192 g/mol. The molecule has 4 N–H and O–H groups in total. The van der Waals surface area contributed by atoms with E-state index >= 15 is 0 Å². The average molecular weight is 214 g/mol. The Kier molecular flexibility index (Phi) is 7.91. The Hall–Kier alpha value is -0.900. The Morgan fingerprint density at radius 2 is 1.93 bits per heavy atom. The van der Waals surface area contributed by atoms with Crippen LogP contribution in [-0.4, -0.2) is 22.8 Å². The Morgan fingerprint density at radius 3 is 2.47 bits per heavy atom. The lowest BCUT2D eigenvalue weighted by Crippen LogP contribution is -2.29. The molecule has 0 saturated heterocycles. The van der Waals surface area contributed by atoms with Gasteiger partial charge in [-0.25, -0.2) is 0 Å². The summed E-state index contributed by atoms with van der Waals surface area (Å²) in [6.45, 7) is 2.11. The quantitative estimate of drug-likeness (QED) is 0.406. The molecule has 0 heterocycles. The van der Waals surface area contributed by atoms with Crippen molar-refractivity contribution in [3.8, 4) is 0 Å². The molecule has 0 aliphatic heterocycles. The molecule has 4 heteroatoms. The minimum Gasteiger partial charge on any atom is -0.480 e. The van der Waals surface area contributed by atoms with Crippen LogP contribution >= 0.6 is 0 Å². The van der Waals surface area contributed by atoms with Crippen molar-refractivity contribution in [2.75, 3.05) is 0 Å². The molecule has 0 aromatic rings. The first-order valence-electron chi connectivity index (χ1n) is 5.62. The Labute approximate surface area is 91.4 Å². The van der Waals surface area contributed by atoms with E-state index in [9.17, 15) is 4.79 Å². The zero-order valence-corrected chi connectivity index (χ0v) is 9.46. The van der Waals surface area contributed by atoms with E-state index in [-0.39, 0.29) is 0 Å². The van der Waals surface area contributed by atoms with E-state index in [1.807, 2.05) is 0 Å². The van der Waals surface area contributed by atoms with E-state index in [0.29, 0.717) is 6.42 Å². The first-order valence-corrected chi connectivity index (χ1v) is 5.62. The second-order valence-electron chi connectivity index (χ2n) is 3.90. The fraction of sp³-hybridized carbons (Fsp3) is 0.818. The summed E-state index contributed by atoms with van der Waals surface area (Å²) in [4.78, 5) is 10.4. The van der Waals surface area contributed by atoms with Crippen molar-refractivity contribution in [1.29, 1.82) is 5.41 Å². The van der Waals surface area contributed by atoms with Gasteiger partial charge in [0.05, 0.1) is 0 Å². The molecule has 0 spiro atoms. The number of carbonyl (C=O) groups is 1. The number of carboxylic acids is 1. The fourth-order valence-corrected chi connectivity index (χ4v) is 1.34. The van der Waals surface area contributed by atoms with Crippen LogP contribution in [0.3, 0.4) is 0 Å². The molecule has 4 nitrogen and oxygen atoms in total. The first kappa shape index (κ1) is 14.1. The lowest BCUT2D eigenvalue weighted by Gasteiger charge is -2.06. The zero-order valence-electron chi connectivity index (χ0n) is 9.46. The normalized spacial score (nSPS) is 12.4. The molecular formula is C11H22N2O2. The van der Waals surface area contributed by atoms with E-state index < -0.39 is 12.0 Å². The second kappa shape index (κ2) is 8.41. The van der Waals surface area contributed by atoms with E-state index in [0.717, 1.165) is 44.2 Å². The van der Waals surface area contributed by atoms with Gasteiger partial charge in [0, 0.05) is 5.71 Å². The molecule has 0 radical (unpaired) electrons. The van der Waals surface area contributed by atoms with Crippen LogP contribution in [-0.2, 0) is 4.79 Å². The third-order valence-corrected chi connectivity index (χ3v) is 2.39. The SMILES string of the molecule is CCCCC(=N)CCCCC(N)C(=O)O. The fourth-order valence-electron chi connectivity index (χ4n) is 1.34. The summed E-state index contributed by atoms with van der Waals surface area (Å²) in [5.41, 5.74) is 6.14. The van der Waals surface area contributed by atoms with Crippen molar-refractivity contribution in [2.45, 2.75) is 57.9 Å². The molecule has 1 unspecified atom stereocenters. The molecule has 0 saturated carbocycles. The topological polar surface area (TPSA) is 87.2 Å². The summed E-state index contributed by atoms with van der Waals surface area (Å²) >= 11 is 0. The highest BCUT2D eigenvalue weighted by Gasteiger charge is 2.10. The number of carboxylic acid groups (broad SMARTS) is 1. The van der Waals surface area contributed by atoms with Crippen molar-refractivity contribution < 1.29 is 9.90 Å². The monoisotopic (exact) mass is 214 g/mol. The highest BCUT2D eigenvalue weighted by molar-refractivity contribution is 5.81. The lowest BCUT2D eigenvalue weighted by molar-refractivity contribution is -0.138. The van der Waals surface area contributed by atoms with Crippen molar-refractivity contribution in [2.24, 2.45) is 5.73 Å². The smallest absolute Gasteiger partial charge is 0.320 e. The standard InChI is InChI=1S/C11H22N2O2/c1-2-3-6-9(12)7-4-5-8-10(13)11(14)15/h10,12H,2-8,13H2,1H3,(H,14,15). The van der Waals surface area contributed by atoms with Crippen LogP contribution in [0.25, 0.3) is 0 Å². The van der Waals surface area contributed by atoms with Gasteiger partial charge in [-0.3, -0.25) is 4.79 Å². The molecule has 0 rings (SSSR count). The van der Waals surface area contributed by atoms with E-state index in [1.54, 1.807) is 0 Å². The van der Waals surface area contributed by atoms with Gasteiger partial charge in [0.1, 0.15) is 6.04 Å². The molecule has 0 fully saturated rings. The minimum absolute atomic E-state index is 0.510. The van der Waals surface area contributed by atoms with Crippen molar-refractivity contribution in [1.82, 2.24) is 0 Å². The van der Waals surface area contributed by atoms with Crippen LogP contribution in [0.1, 0.15) is 51.9 Å². The molecule has 0 aliphatic carbocycles. The highest BCUT2D eigenvalue weighted by Crippen LogP contribution is 2.06. The third kappa shape index (κ3) is 8.12. The van der Waals surface area contributed by atoms with E-state index in [4.69, 9.17) is 16.2 Å². The number of hydrogen-bond acceptors (Lipinski definition) is 3. The summed E-state index contributed by atoms with van der Waals surface area (Å²) in [6, 6.07) is -0.741. The summed E-state index contributed by atoms with van der Waals surface area (Å²) in [6.07, 6.45) is 6.04. The maximum Gasteiger partial charge on any atom is 0.320 e. The number of aliphatic carboxylic acids is 1. The van der Waals surface area contributed by atoms with Gasteiger partial charge in [-0.2, -0.15) is 0 Å². The van der Waals surface area contributed by atoms with Crippen LogP contribution in [0.4, 0.5) is 0 Å². The van der Waals surface area contributed by atoms with Crippen LogP contribution in [0, 0.1) is 5.41 Å². The Morgan fingerprint density at radius 1 is 1.33 bits per heavy atom. The molecule has 0 aromatic heterocycles. The van der Waals surface area contributed by atoms with Crippen LogP contribution in [0.5, 0.6) is 0 Å². The molecule has 0 aromatic carbocycles. The predicted octanol–water partition coefficient (Wildman–Crippen LogP) is 2.17. The molecule has 0 bridgehead atoms. The number of unbranched alkanes of at least 4 members (excludes halogenated alkanes) is 2. The zero-order chi connectivity index (χ0) is 11.7. The predicted molar refractivity (Wildman–Crippen MR) is 61.3 cm³/mol. The first-order chi connectivity index (χ1) is 7.07. The highest BCUT2D eigenvalue weighted by atomic mass is 16.4. The number of nitrogens with two attached hydrogens (primary N) is 1. The van der Waals surface area contributed by atoms with Crippen molar-refractivity contribution in [3.63, 3.8) is 0 Å².